The van der Waals surface area contributed by atoms with Crippen LogP contribution in [0.5, 0.6) is 0 Å². The molecule has 5 rings (SSSR count). The SMILES string of the molecule is NCc1ccc(CN(Cc2nc3ccccc3[nH]2)C2CCCc3cccnc32)c([N+](=O)[O-])c1. The molecule has 2 aromatic carbocycles. The fraction of sp³-hybridized carbons (Fsp3) is 0.280. The van der Waals surface area contributed by atoms with E-state index in [9.17, 15) is 10.1 Å². The second-order valence-electron chi connectivity index (χ2n) is 8.49. The molecule has 0 saturated carbocycles. The lowest BCUT2D eigenvalue weighted by atomic mass is 9.90. The molecule has 0 bridgehead atoms. The topological polar surface area (TPSA) is 114 Å². The third-order valence-corrected chi connectivity index (χ3v) is 6.35. The minimum absolute atomic E-state index is 0.0527. The lowest BCUT2D eigenvalue weighted by Gasteiger charge is -2.34. The first-order valence-electron chi connectivity index (χ1n) is 11.2. The number of pyridine rings is 1. The van der Waals surface area contributed by atoms with Crippen molar-refractivity contribution in [3.05, 3.63) is 99.1 Å². The van der Waals surface area contributed by atoms with Gasteiger partial charge in [-0.2, -0.15) is 0 Å². The summed E-state index contributed by atoms with van der Waals surface area (Å²) in [5.74, 6) is 0.834. The van der Waals surface area contributed by atoms with Crippen LogP contribution in [-0.2, 0) is 26.1 Å². The van der Waals surface area contributed by atoms with Crippen molar-refractivity contribution in [3.63, 3.8) is 0 Å². The maximum atomic E-state index is 11.8. The Labute approximate surface area is 191 Å². The van der Waals surface area contributed by atoms with Crippen molar-refractivity contribution in [1.82, 2.24) is 19.9 Å². The lowest BCUT2D eigenvalue weighted by molar-refractivity contribution is -0.385. The van der Waals surface area contributed by atoms with Gasteiger partial charge in [0.1, 0.15) is 5.82 Å². The van der Waals surface area contributed by atoms with Gasteiger partial charge < -0.3 is 10.7 Å². The molecular weight excluding hydrogens is 416 g/mol. The van der Waals surface area contributed by atoms with E-state index in [-0.39, 0.29) is 23.2 Å². The molecule has 0 aliphatic heterocycles. The molecule has 1 atom stereocenters. The van der Waals surface area contributed by atoms with Crippen LogP contribution in [-0.4, -0.2) is 24.8 Å². The zero-order valence-electron chi connectivity index (χ0n) is 18.3. The van der Waals surface area contributed by atoms with Crippen molar-refractivity contribution in [1.29, 1.82) is 0 Å². The molecule has 0 fully saturated rings. The summed E-state index contributed by atoms with van der Waals surface area (Å²) in [6, 6.07) is 17.4. The van der Waals surface area contributed by atoms with Crippen LogP contribution < -0.4 is 5.73 Å². The van der Waals surface area contributed by atoms with Crippen molar-refractivity contribution in [2.75, 3.05) is 0 Å². The number of para-hydroxylation sites is 2. The number of nitrogens with one attached hydrogen (secondary N) is 1. The van der Waals surface area contributed by atoms with Crippen LogP contribution in [0.3, 0.4) is 0 Å². The number of nitro benzene ring substituents is 1. The van der Waals surface area contributed by atoms with Gasteiger partial charge in [0.15, 0.2) is 0 Å². The molecule has 8 heteroatoms. The Hall–Kier alpha value is -3.62. The number of hydrogen-bond donors (Lipinski definition) is 2. The monoisotopic (exact) mass is 442 g/mol. The van der Waals surface area contributed by atoms with Crippen molar-refractivity contribution in [2.45, 2.75) is 44.9 Å². The summed E-state index contributed by atoms with van der Waals surface area (Å²) < 4.78 is 0. The lowest BCUT2D eigenvalue weighted by Crippen LogP contribution is -2.32. The Morgan fingerprint density at radius 3 is 2.85 bits per heavy atom. The summed E-state index contributed by atoms with van der Waals surface area (Å²) in [5, 5.41) is 11.8. The third-order valence-electron chi connectivity index (χ3n) is 6.35. The van der Waals surface area contributed by atoms with Crippen molar-refractivity contribution >= 4 is 16.7 Å². The van der Waals surface area contributed by atoms with Crippen molar-refractivity contribution in [2.24, 2.45) is 5.73 Å². The zero-order valence-corrected chi connectivity index (χ0v) is 18.3. The van der Waals surface area contributed by atoms with Gasteiger partial charge in [-0.05, 0) is 48.6 Å². The number of aryl methyl sites for hydroxylation is 1. The van der Waals surface area contributed by atoms with E-state index in [0.29, 0.717) is 18.7 Å². The number of benzene rings is 2. The van der Waals surface area contributed by atoms with E-state index in [4.69, 9.17) is 15.7 Å². The van der Waals surface area contributed by atoms with Crippen LogP contribution in [0.15, 0.2) is 60.8 Å². The first-order chi connectivity index (χ1) is 16.1. The van der Waals surface area contributed by atoms with E-state index in [1.807, 2.05) is 48.7 Å². The van der Waals surface area contributed by atoms with Gasteiger partial charge in [0.25, 0.3) is 5.69 Å². The highest BCUT2D eigenvalue weighted by Gasteiger charge is 2.29. The Kier molecular flexibility index (Phi) is 5.85. The molecule has 1 unspecified atom stereocenters. The van der Waals surface area contributed by atoms with Crippen LogP contribution >= 0.6 is 0 Å². The van der Waals surface area contributed by atoms with Gasteiger partial charge in [-0.3, -0.25) is 20.0 Å². The molecule has 168 valence electrons. The maximum absolute atomic E-state index is 11.8. The summed E-state index contributed by atoms with van der Waals surface area (Å²) in [4.78, 5) is 26.7. The molecule has 1 aliphatic carbocycles. The third kappa shape index (κ3) is 4.35. The smallest absolute Gasteiger partial charge is 0.274 e. The number of nitrogens with two attached hydrogens (primary N) is 1. The van der Waals surface area contributed by atoms with Gasteiger partial charge >= 0.3 is 0 Å². The standard InChI is InChI=1S/C25H26N6O2/c26-14-17-10-11-19(23(13-17)31(32)33)15-30(16-24-28-20-7-1-2-8-21(20)29-24)22-9-3-5-18-6-4-12-27-25(18)22/h1-2,4,6-8,10-13,22H,3,5,9,14-16,26H2,(H,28,29). The van der Waals surface area contributed by atoms with Gasteiger partial charge in [0.2, 0.25) is 0 Å². The molecule has 0 spiro atoms. The molecule has 3 N–H and O–H groups in total. The Balaban J connectivity index is 1.54. The van der Waals surface area contributed by atoms with Gasteiger partial charge in [-0.25, -0.2) is 4.98 Å². The van der Waals surface area contributed by atoms with E-state index in [2.05, 4.69) is 16.0 Å². The molecule has 0 radical (unpaired) electrons. The molecule has 2 heterocycles. The maximum Gasteiger partial charge on any atom is 0.274 e. The molecule has 4 aromatic rings. The van der Waals surface area contributed by atoms with Gasteiger partial charge in [0.05, 0.1) is 34.2 Å². The number of nitrogens with zero attached hydrogens (tertiary/aromatic N) is 4. The highest BCUT2D eigenvalue weighted by molar-refractivity contribution is 5.74. The summed E-state index contributed by atoms with van der Waals surface area (Å²) >= 11 is 0. The number of aromatic amines is 1. The molecule has 8 nitrogen and oxygen atoms in total. The van der Waals surface area contributed by atoms with Crippen LogP contribution in [0.2, 0.25) is 0 Å². The minimum Gasteiger partial charge on any atom is -0.341 e. The average Bonchev–Trinajstić information content (AvgIpc) is 3.26. The van der Waals surface area contributed by atoms with E-state index in [1.54, 1.807) is 6.07 Å². The normalized spacial score (nSPS) is 15.6. The fourth-order valence-electron chi connectivity index (χ4n) is 4.75. The zero-order chi connectivity index (χ0) is 22.8. The number of H-pyrrole nitrogens is 1. The Morgan fingerprint density at radius 2 is 2.03 bits per heavy atom. The number of aromatic nitrogens is 3. The van der Waals surface area contributed by atoms with E-state index < -0.39 is 0 Å². The van der Waals surface area contributed by atoms with Crippen molar-refractivity contribution < 1.29 is 4.92 Å². The summed E-state index contributed by atoms with van der Waals surface area (Å²) in [6.45, 7) is 1.22. The first kappa shape index (κ1) is 21.2. The molecule has 2 aromatic heterocycles. The van der Waals surface area contributed by atoms with Gasteiger partial charge in [0, 0.05) is 30.9 Å². The predicted octanol–water partition coefficient (Wildman–Crippen LogP) is 4.40. The van der Waals surface area contributed by atoms with Gasteiger partial charge in [-0.1, -0.05) is 30.3 Å². The summed E-state index contributed by atoms with van der Waals surface area (Å²) in [5.41, 5.74) is 11.4. The summed E-state index contributed by atoms with van der Waals surface area (Å²) in [7, 11) is 0. The predicted molar refractivity (Wildman–Crippen MR) is 126 cm³/mol. The molecular formula is C25H26N6O2. The summed E-state index contributed by atoms with van der Waals surface area (Å²) in [6.07, 6.45) is 4.83. The van der Waals surface area contributed by atoms with E-state index >= 15 is 0 Å². The number of nitro groups is 1. The largest absolute Gasteiger partial charge is 0.341 e. The van der Waals surface area contributed by atoms with Crippen LogP contribution in [0.1, 0.15) is 47.1 Å². The van der Waals surface area contributed by atoms with Crippen LogP contribution in [0, 0.1) is 10.1 Å². The van der Waals surface area contributed by atoms with Crippen LogP contribution in [0.4, 0.5) is 5.69 Å². The number of imidazole rings is 1. The molecule has 33 heavy (non-hydrogen) atoms. The number of fused-ring (bicyclic) bond motifs is 2. The first-order valence-corrected chi connectivity index (χ1v) is 11.2. The van der Waals surface area contributed by atoms with Gasteiger partial charge in [-0.15, -0.1) is 0 Å². The number of hydrogen-bond acceptors (Lipinski definition) is 6. The second-order valence-corrected chi connectivity index (χ2v) is 8.49. The fourth-order valence-corrected chi connectivity index (χ4v) is 4.75. The average molecular weight is 443 g/mol. The van der Waals surface area contributed by atoms with Crippen molar-refractivity contribution in [3.8, 4) is 0 Å². The highest BCUT2D eigenvalue weighted by Crippen LogP contribution is 2.36. The Morgan fingerprint density at radius 1 is 1.15 bits per heavy atom. The number of rotatable bonds is 7. The quantitative estimate of drug-likeness (QED) is 0.324. The van der Waals surface area contributed by atoms with E-state index in [0.717, 1.165) is 47.4 Å². The molecule has 0 saturated heterocycles. The second kappa shape index (κ2) is 9.09. The minimum atomic E-state index is -0.319. The Bertz CT molecular complexity index is 1270. The molecule has 1 aliphatic rings. The molecule has 0 amide bonds. The van der Waals surface area contributed by atoms with Crippen LogP contribution in [0.25, 0.3) is 11.0 Å². The van der Waals surface area contributed by atoms with E-state index in [1.165, 1.54) is 5.56 Å². The highest BCUT2D eigenvalue weighted by atomic mass is 16.6.